The van der Waals surface area contributed by atoms with Crippen molar-refractivity contribution in [1.82, 2.24) is 4.57 Å². The third-order valence-corrected chi connectivity index (χ3v) is 2.16. The molecule has 0 bridgehead atoms. The molecule has 0 radical (unpaired) electrons. The molecule has 1 aromatic heterocycles. The first kappa shape index (κ1) is 11.7. The van der Waals surface area contributed by atoms with Crippen molar-refractivity contribution in [3.05, 3.63) is 18.7 Å². The molecule has 0 aliphatic rings. The van der Waals surface area contributed by atoms with Gasteiger partial charge in [-0.1, -0.05) is 0 Å². The lowest BCUT2D eigenvalue weighted by atomic mass is 10.3. The SMILES string of the molecule is CCOCCCC[n+]1ccn(CC#N)c1. The molecule has 0 saturated heterocycles. The molecule has 0 aliphatic heterocycles. The summed E-state index contributed by atoms with van der Waals surface area (Å²) in [6.45, 7) is 5.07. The Morgan fingerprint density at radius 3 is 3.07 bits per heavy atom. The van der Waals surface area contributed by atoms with E-state index in [-0.39, 0.29) is 0 Å². The van der Waals surface area contributed by atoms with E-state index in [2.05, 4.69) is 10.6 Å². The van der Waals surface area contributed by atoms with Crippen molar-refractivity contribution in [1.29, 1.82) is 5.26 Å². The van der Waals surface area contributed by atoms with Gasteiger partial charge < -0.3 is 4.74 Å². The number of hydrogen-bond acceptors (Lipinski definition) is 2. The van der Waals surface area contributed by atoms with Crippen molar-refractivity contribution in [3.8, 4) is 6.07 Å². The Kier molecular flexibility index (Phi) is 5.49. The lowest BCUT2D eigenvalue weighted by Gasteiger charge is -1.99. The molecule has 1 rings (SSSR count). The van der Waals surface area contributed by atoms with Crippen LogP contribution >= 0.6 is 0 Å². The smallest absolute Gasteiger partial charge is 0.244 e. The summed E-state index contributed by atoms with van der Waals surface area (Å²) < 4.78 is 9.24. The van der Waals surface area contributed by atoms with Gasteiger partial charge in [-0.15, -0.1) is 0 Å². The van der Waals surface area contributed by atoms with E-state index in [4.69, 9.17) is 10.00 Å². The van der Waals surface area contributed by atoms with Crippen LogP contribution in [0.25, 0.3) is 0 Å². The topological polar surface area (TPSA) is 41.8 Å². The molecule has 4 heteroatoms. The lowest BCUT2D eigenvalue weighted by Crippen LogP contribution is -2.31. The fourth-order valence-corrected chi connectivity index (χ4v) is 1.39. The van der Waals surface area contributed by atoms with Crippen molar-refractivity contribution < 1.29 is 9.30 Å². The fraction of sp³-hybridized carbons (Fsp3) is 0.636. The van der Waals surface area contributed by atoms with Crippen LogP contribution in [-0.4, -0.2) is 17.8 Å². The van der Waals surface area contributed by atoms with Gasteiger partial charge in [0.05, 0.1) is 6.54 Å². The van der Waals surface area contributed by atoms with E-state index in [1.165, 1.54) is 0 Å². The highest BCUT2D eigenvalue weighted by Crippen LogP contribution is 1.91. The van der Waals surface area contributed by atoms with E-state index in [0.29, 0.717) is 6.54 Å². The molecule has 4 nitrogen and oxygen atoms in total. The highest BCUT2D eigenvalue weighted by molar-refractivity contribution is 4.75. The molecule has 0 aromatic carbocycles. The molecular weight excluding hydrogens is 190 g/mol. The Labute approximate surface area is 90.7 Å². The maximum absolute atomic E-state index is 8.51. The molecule has 0 N–H and O–H groups in total. The van der Waals surface area contributed by atoms with Crippen LogP contribution in [0.5, 0.6) is 0 Å². The third-order valence-electron chi connectivity index (χ3n) is 2.16. The summed E-state index contributed by atoms with van der Waals surface area (Å²) in [5, 5.41) is 8.51. The summed E-state index contributed by atoms with van der Waals surface area (Å²) >= 11 is 0. The van der Waals surface area contributed by atoms with E-state index in [9.17, 15) is 0 Å². The molecule has 0 aliphatic carbocycles. The minimum atomic E-state index is 0.423. The molecule has 15 heavy (non-hydrogen) atoms. The number of hydrogen-bond donors (Lipinski definition) is 0. The fourth-order valence-electron chi connectivity index (χ4n) is 1.39. The summed E-state index contributed by atoms with van der Waals surface area (Å²) in [5.74, 6) is 0. The van der Waals surface area contributed by atoms with Crippen molar-refractivity contribution in [2.45, 2.75) is 32.9 Å². The molecule has 0 fully saturated rings. The molecular formula is C11H18N3O+. The Morgan fingerprint density at radius 2 is 2.33 bits per heavy atom. The van der Waals surface area contributed by atoms with Gasteiger partial charge in [0.25, 0.3) is 0 Å². The van der Waals surface area contributed by atoms with E-state index in [1.54, 1.807) is 0 Å². The second-order valence-corrected chi connectivity index (χ2v) is 3.39. The maximum Gasteiger partial charge on any atom is 0.244 e. The van der Waals surface area contributed by atoms with Gasteiger partial charge in [0.2, 0.25) is 6.33 Å². The molecule has 1 aromatic rings. The van der Waals surface area contributed by atoms with Crippen LogP contribution < -0.4 is 4.57 Å². The summed E-state index contributed by atoms with van der Waals surface area (Å²) in [6.07, 6.45) is 8.08. The van der Waals surface area contributed by atoms with E-state index >= 15 is 0 Å². The third kappa shape index (κ3) is 4.61. The quantitative estimate of drug-likeness (QED) is 0.497. The van der Waals surface area contributed by atoms with Gasteiger partial charge in [-0.25, -0.2) is 9.13 Å². The first-order valence-electron chi connectivity index (χ1n) is 5.36. The Bertz CT molecular complexity index is 314. The molecule has 0 spiro atoms. The Balaban J connectivity index is 2.17. The molecule has 0 atom stereocenters. The molecule has 1 heterocycles. The highest BCUT2D eigenvalue weighted by Gasteiger charge is 2.01. The van der Waals surface area contributed by atoms with Gasteiger partial charge in [0, 0.05) is 13.2 Å². The lowest BCUT2D eigenvalue weighted by molar-refractivity contribution is -0.696. The summed E-state index contributed by atoms with van der Waals surface area (Å²) in [7, 11) is 0. The number of nitrogens with zero attached hydrogens (tertiary/aromatic N) is 3. The Hall–Kier alpha value is -1.34. The van der Waals surface area contributed by atoms with Crippen molar-refractivity contribution in [2.24, 2.45) is 0 Å². The van der Waals surface area contributed by atoms with E-state index in [1.807, 2.05) is 30.2 Å². The Morgan fingerprint density at radius 1 is 1.47 bits per heavy atom. The monoisotopic (exact) mass is 208 g/mol. The van der Waals surface area contributed by atoms with Gasteiger partial charge in [0.15, 0.2) is 6.54 Å². The van der Waals surface area contributed by atoms with Crippen LogP contribution in [0.4, 0.5) is 0 Å². The van der Waals surface area contributed by atoms with E-state index < -0.39 is 0 Å². The largest absolute Gasteiger partial charge is 0.382 e. The van der Waals surface area contributed by atoms with Crippen LogP contribution in [0.1, 0.15) is 19.8 Å². The predicted molar refractivity (Wildman–Crippen MR) is 56.0 cm³/mol. The number of imidazole rings is 1. The number of aromatic nitrogens is 2. The summed E-state index contributed by atoms with van der Waals surface area (Å²) in [4.78, 5) is 0. The van der Waals surface area contributed by atoms with Gasteiger partial charge in [-0.3, -0.25) is 0 Å². The number of aryl methyl sites for hydroxylation is 1. The minimum Gasteiger partial charge on any atom is -0.382 e. The summed E-state index contributed by atoms with van der Waals surface area (Å²) in [5.41, 5.74) is 0. The van der Waals surface area contributed by atoms with Gasteiger partial charge >= 0.3 is 0 Å². The minimum absolute atomic E-state index is 0.423. The zero-order valence-corrected chi connectivity index (χ0v) is 9.22. The first-order chi connectivity index (χ1) is 7.36. The average Bonchev–Trinajstić information content (AvgIpc) is 2.66. The van der Waals surface area contributed by atoms with Crippen molar-refractivity contribution >= 4 is 0 Å². The number of nitriles is 1. The normalized spacial score (nSPS) is 10.1. The zero-order valence-electron chi connectivity index (χ0n) is 9.22. The second kappa shape index (κ2) is 7.02. The van der Waals surface area contributed by atoms with Crippen LogP contribution in [0, 0.1) is 11.3 Å². The summed E-state index contributed by atoms with van der Waals surface area (Å²) in [6, 6.07) is 2.11. The second-order valence-electron chi connectivity index (χ2n) is 3.39. The average molecular weight is 208 g/mol. The zero-order chi connectivity index (χ0) is 10.9. The van der Waals surface area contributed by atoms with Crippen LogP contribution in [-0.2, 0) is 17.8 Å². The predicted octanol–water partition coefficient (Wildman–Crippen LogP) is 1.12. The van der Waals surface area contributed by atoms with Gasteiger partial charge in [0.1, 0.15) is 18.5 Å². The molecule has 0 unspecified atom stereocenters. The van der Waals surface area contributed by atoms with Crippen molar-refractivity contribution in [3.63, 3.8) is 0 Å². The highest BCUT2D eigenvalue weighted by atomic mass is 16.5. The molecule has 0 amide bonds. The molecule has 0 saturated carbocycles. The molecule has 82 valence electrons. The maximum atomic E-state index is 8.51. The van der Waals surface area contributed by atoms with Gasteiger partial charge in [-0.2, -0.15) is 5.26 Å². The van der Waals surface area contributed by atoms with Crippen LogP contribution in [0.15, 0.2) is 18.7 Å². The number of ether oxygens (including phenoxy) is 1. The number of rotatable bonds is 7. The van der Waals surface area contributed by atoms with Crippen LogP contribution in [0.3, 0.4) is 0 Å². The van der Waals surface area contributed by atoms with Gasteiger partial charge in [-0.05, 0) is 19.8 Å². The van der Waals surface area contributed by atoms with Crippen LogP contribution in [0.2, 0.25) is 0 Å². The number of unbranched alkanes of at least 4 members (excludes halogenated alkanes) is 1. The standard InChI is InChI=1S/C11H18N3O/c1-2-15-10-4-3-6-13-8-9-14(11-13)7-5-12/h8-9,11H,2-4,6-7,10H2,1H3/q+1. The van der Waals surface area contributed by atoms with E-state index in [0.717, 1.165) is 32.6 Å². The first-order valence-corrected chi connectivity index (χ1v) is 5.36. The van der Waals surface area contributed by atoms with Crippen molar-refractivity contribution in [2.75, 3.05) is 13.2 Å².